The van der Waals surface area contributed by atoms with Gasteiger partial charge in [-0.25, -0.2) is 14.6 Å². The van der Waals surface area contributed by atoms with Crippen LogP contribution in [-0.2, 0) is 9.53 Å². The van der Waals surface area contributed by atoms with Crippen LogP contribution in [0.4, 0.5) is 11.5 Å². The van der Waals surface area contributed by atoms with Crippen molar-refractivity contribution in [3.63, 3.8) is 0 Å². The number of aromatic nitrogens is 4. The fraction of sp³-hybridized carbons (Fsp3) is 0.500. The summed E-state index contributed by atoms with van der Waals surface area (Å²) in [4.78, 5) is 20.8. The van der Waals surface area contributed by atoms with Gasteiger partial charge >= 0.3 is 5.97 Å². The summed E-state index contributed by atoms with van der Waals surface area (Å²) in [6.07, 6.45) is 8.53. The summed E-state index contributed by atoms with van der Waals surface area (Å²) in [5.41, 5.74) is 6.07. The maximum Gasteiger partial charge on any atom is 0.313 e. The Balaban J connectivity index is 1.79. The summed E-state index contributed by atoms with van der Waals surface area (Å²) in [6.45, 7) is 2.66. The molecule has 2 heterocycles. The molecule has 0 saturated heterocycles. The lowest BCUT2D eigenvalue weighted by atomic mass is 9.86. The molecule has 1 fully saturated rings. The molecule has 0 unspecified atom stereocenters. The first-order valence-corrected chi connectivity index (χ1v) is 8.18. The molecule has 2 aromatic heterocycles. The van der Waals surface area contributed by atoms with E-state index in [1.165, 1.54) is 6.33 Å². The maximum atomic E-state index is 12.4. The Morgan fingerprint density at radius 2 is 2.21 bits per heavy atom. The summed E-state index contributed by atoms with van der Waals surface area (Å²) < 4.78 is 6.86. The number of nitrogens with one attached hydrogen (secondary N) is 1. The highest BCUT2D eigenvalue weighted by Crippen LogP contribution is 2.39. The van der Waals surface area contributed by atoms with Crippen LogP contribution >= 0.6 is 0 Å². The van der Waals surface area contributed by atoms with Gasteiger partial charge in [-0.3, -0.25) is 4.79 Å². The van der Waals surface area contributed by atoms with Gasteiger partial charge in [-0.15, -0.1) is 0 Å². The lowest BCUT2D eigenvalue weighted by Crippen LogP contribution is -2.37. The predicted molar refractivity (Wildman–Crippen MR) is 89.6 cm³/mol. The minimum Gasteiger partial charge on any atom is -0.466 e. The molecule has 0 radical (unpaired) electrons. The van der Waals surface area contributed by atoms with E-state index in [4.69, 9.17) is 10.5 Å². The number of hydrogen-bond donors (Lipinski definition) is 2. The van der Waals surface area contributed by atoms with Crippen LogP contribution in [0.2, 0.25) is 0 Å². The van der Waals surface area contributed by atoms with E-state index in [0.717, 1.165) is 25.7 Å². The zero-order valence-electron chi connectivity index (χ0n) is 13.7. The molecule has 0 aromatic carbocycles. The molecular weight excluding hydrogens is 308 g/mol. The summed E-state index contributed by atoms with van der Waals surface area (Å²) in [6, 6.07) is 1.79. The molecule has 8 nitrogen and oxygen atoms in total. The predicted octanol–water partition coefficient (Wildman–Crippen LogP) is 1.78. The lowest BCUT2D eigenvalue weighted by Gasteiger charge is -2.27. The zero-order chi connectivity index (χ0) is 17.0. The SMILES string of the molecule is CCOC(=O)C1(CNc2ncnc(-n3cccn3)c2N)CCCC1. The summed E-state index contributed by atoms with van der Waals surface area (Å²) in [5, 5.41) is 7.36. The average Bonchev–Trinajstić information content (AvgIpc) is 3.27. The number of hydrogen-bond acceptors (Lipinski definition) is 7. The Kier molecular flexibility index (Phi) is 4.64. The maximum absolute atomic E-state index is 12.4. The third-order valence-corrected chi connectivity index (χ3v) is 4.45. The molecule has 1 saturated carbocycles. The van der Waals surface area contributed by atoms with Gasteiger partial charge in [-0.05, 0) is 25.8 Å². The first-order chi connectivity index (χ1) is 11.7. The number of ether oxygens (including phenoxy) is 1. The Hall–Kier alpha value is -2.64. The van der Waals surface area contributed by atoms with E-state index in [9.17, 15) is 4.79 Å². The fourth-order valence-corrected chi connectivity index (χ4v) is 3.15. The molecule has 3 N–H and O–H groups in total. The molecule has 0 spiro atoms. The molecule has 0 atom stereocenters. The lowest BCUT2D eigenvalue weighted by molar-refractivity contribution is -0.154. The van der Waals surface area contributed by atoms with Gasteiger partial charge in [0.25, 0.3) is 0 Å². The number of carbonyl (C=O) groups excluding carboxylic acids is 1. The highest BCUT2D eigenvalue weighted by molar-refractivity contribution is 5.78. The summed E-state index contributed by atoms with van der Waals surface area (Å²) >= 11 is 0. The minimum absolute atomic E-state index is 0.144. The second kappa shape index (κ2) is 6.86. The molecule has 2 aromatic rings. The number of nitrogen functional groups attached to an aromatic ring is 1. The summed E-state index contributed by atoms with van der Waals surface area (Å²) in [7, 11) is 0. The fourth-order valence-electron chi connectivity index (χ4n) is 3.15. The van der Waals surface area contributed by atoms with Crippen molar-refractivity contribution in [2.45, 2.75) is 32.6 Å². The van der Waals surface area contributed by atoms with Gasteiger partial charge in [-0.2, -0.15) is 5.10 Å². The van der Waals surface area contributed by atoms with Crippen LogP contribution in [0.1, 0.15) is 32.6 Å². The molecular formula is C16H22N6O2. The van der Waals surface area contributed by atoms with Crippen LogP contribution in [0.25, 0.3) is 5.82 Å². The highest BCUT2D eigenvalue weighted by Gasteiger charge is 2.42. The van der Waals surface area contributed by atoms with Gasteiger partial charge in [0, 0.05) is 18.9 Å². The Morgan fingerprint density at radius 1 is 1.42 bits per heavy atom. The van der Waals surface area contributed by atoms with Gasteiger partial charge in [-0.1, -0.05) is 12.8 Å². The van der Waals surface area contributed by atoms with Crippen molar-refractivity contribution >= 4 is 17.5 Å². The van der Waals surface area contributed by atoms with Crippen LogP contribution in [-0.4, -0.2) is 38.9 Å². The Morgan fingerprint density at radius 3 is 2.88 bits per heavy atom. The van der Waals surface area contributed by atoms with Gasteiger partial charge in [0.15, 0.2) is 11.6 Å². The van der Waals surface area contributed by atoms with Crippen molar-refractivity contribution < 1.29 is 9.53 Å². The quantitative estimate of drug-likeness (QED) is 0.777. The number of rotatable bonds is 6. The van der Waals surface area contributed by atoms with Crippen molar-refractivity contribution in [2.75, 3.05) is 24.2 Å². The van der Waals surface area contributed by atoms with Crippen LogP contribution in [0, 0.1) is 5.41 Å². The van der Waals surface area contributed by atoms with Crippen molar-refractivity contribution in [1.29, 1.82) is 0 Å². The van der Waals surface area contributed by atoms with E-state index in [-0.39, 0.29) is 5.97 Å². The first-order valence-electron chi connectivity index (χ1n) is 8.18. The van der Waals surface area contributed by atoms with Gasteiger partial charge in [0.1, 0.15) is 12.0 Å². The largest absolute Gasteiger partial charge is 0.466 e. The molecule has 1 aliphatic rings. The standard InChI is InChI=1S/C16H22N6O2/c1-2-24-15(23)16(6-3-4-7-16)10-18-13-12(17)14(20-11-19-13)22-9-5-8-21-22/h5,8-9,11H,2-4,6-7,10,17H2,1H3,(H,18,19,20). The second-order valence-electron chi connectivity index (χ2n) is 5.97. The van der Waals surface area contributed by atoms with Crippen molar-refractivity contribution in [3.05, 3.63) is 24.8 Å². The van der Waals surface area contributed by atoms with Crippen molar-refractivity contribution in [3.8, 4) is 5.82 Å². The first kappa shape index (κ1) is 16.2. The summed E-state index contributed by atoms with van der Waals surface area (Å²) in [5.74, 6) is 0.870. The molecule has 128 valence electrons. The van der Waals surface area contributed by atoms with E-state index < -0.39 is 5.41 Å². The number of esters is 1. The van der Waals surface area contributed by atoms with Gasteiger partial charge < -0.3 is 15.8 Å². The molecule has 0 amide bonds. The Labute approximate surface area is 140 Å². The Bertz CT molecular complexity index is 695. The van der Waals surface area contributed by atoms with Crippen LogP contribution < -0.4 is 11.1 Å². The van der Waals surface area contributed by atoms with Crippen molar-refractivity contribution in [2.24, 2.45) is 5.41 Å². The van der Waals surface area contributed by atoms with E-state index in [1.54, 1.807) is 23.1 Å². The number of nitrogens with zero attached hydrogens (tertiary/aromatic N) is 4. The van der Waals surface area contributed by atoms with Crippen LogP contribution in [0.15, 0.2) is 24.8 Å². The van der Waals surface area contributed by atoms with E-state index >= 15 is 0 Å². The van der Waals surface area contributed by atoms with E-state index in [0.29, 0.717) is 30.5 Å². The third-order valence-electron chi connectivity index (χ3n) is 4.45. The monoisotopic (exact) mass is 330 g/mol. The smallest absolute Gasteiger partial charge is 0.313 e. The molecule has 0 aliphatic heterocycles. The van der Waals surface area contributed by atoms with E-state index in [2.05, 4.69) is 20.4 Å². The molecule has 8 heteroatoms. The molecule has 3 rings (SSSR count). The average molecular weight is 330 g/mol. The number of nitrogens with two attached hydrogens (primary N) is 1. The van der Waals surface area contributed by atoms with Crippen molar-refractivity contribution in [1.82, 2.24) is 19.7 Å². The van der Waals surface area contributed by atoms with Crippen LogP contribution in [0.5, 0.6) is 0 Å². The molecule has 1 aliphatic carbocycles. The minimum atomic E-state index is -0.501. The topological polar surface area (TPSA) is 108 Å². The van der Waals surface area contributed by atoms with Gasteiger partial charge in [0.2, 0.25) is 0 Å². The zero-order valence-corrected chi connectivity index (χ0v) is 13.7. The second-order valence-corrected chi connectivity index (χ2v) is 5.97. The van der Waals surface area contributed by atoms with Gasteiger partial charge in [0.05, 0.1) is 12.0 Å². The molecule has 0 bridgehead atoms. The third kappa shape index (κ3) is 3.04. The normalized spacial score (nSPS) is 16.0. The number of anilines is 2. The molecule has 24 heavy (non-hydrogen) atoms. The highest BCUT2D eigenvalue weighted by atomic mass is 16.5. The van der Waals surface area contributed by atoms with Crippen LogP contribution in [0.3, 0.4) is 0 Å². The van der Waals surface area contributed by atoms with E-state index in [1.807, 2.05) is 6.92 Å². The number of carbonyl (C=O) groups is 1.